The third kappa shape index (κ3) is 5.19. The highest BCUT2D eigenvalue weighted by Crippen LogP contribution is 2.20. The molecule has 0 aliphatic heterocycles. The van der Waals surface area contributed by atoms with Gasteiger partial charge in [-0.05, 0) is 24.3 Å². The monoisotopic (exact) mass is 285 g/mol. The molecule has 0 aliphatic carbocycles. The molecule has 0 aliphatic rings. The Morgan fingerprint density at radius 3 is 2.47 bits per heavy atom. The average Bonchev–Trinajstić information content (AvgIpc) is 2.42. The number of amides is 1. The lowest BCUT2D eigenvalue weighted by Crippen LogP contribution is -2.44. The van der Waals surface area contributed by atoms with E-state index in [-0.39, 0.29) is 5.75 Å². The van der Waals surface area contributed by atoms with E-state index in [2.05, 4.69) is 5.32 Å². The standard InChI is InChI=1S/C12H15NO5S/c1-18-8-2-4-9(5-3-8)19-7-11(15)13-10(6-14)12(16)17/h2-5,10,14H,6-7H2,1H3,(H,13,15)(H,16,17)/t10-/m0/s1. The van der Waals surface area contributed by atoms with Crippen molar-refractivity contribution in [1.82, 2.24) is 5.32 Å². The predicted molar refractivity (Wildman–Crippen MR) is 70.4 cm³/mol. The summed E-state index contributed by atoms with van der Waals surface area (Å²) in [4.78, 5) is 23.0. The molecule has 0 saturated carbocycles. The van der Waals surface area contributed by atoms with Crippen molar-refractivity contribution in [3.8, 4) is 5.75 Å². The maximum Gasteiger partial charge on any atom is 0.328 e. The summed E-state index contributed by atoms with van der Waals surface area (Å²) in [5, 5.41) is 19.7. The van der Waals surface area contributed by atoms with Gasteiger partial charge in [0.05, 0.1) is 19.5 Å². The second kappa shape index (κ2) is 7.65. The third-order valence-corrected chi connectivity index (χ3v) is 3.26. The van der Waals surface area contributed by atoms with Crippen LogP contribution in [-0.4, -0.2) is 47.6 Å². The van der Waals surface area contributed by atoms with E-state index >= 15 is 0 Å². The number of thioether (sulfide) groups is 1. The van der Waals surface area contributed by atoms with Gasteiger partial charge < -0.3 is 20.3 Å². The van der Waals surface area contributed by atoms with Gasteiger partial charge in [-0.15, -0.1) is 11.8 Å². The van der Waals surface area contributed by atoms with E-state index < -0.39 is 24.5 Å². The number of aliphatic hydroxyl groups is 1. The van der Waals surface area contributed by atoms with E-state index in [9.17, 15) is 9.59 Å². The molecule has 0 unspecified atom stereocenters. The Hall–Kier alpha value is -1.73. The van der Waals surface area contributed by atoms with Crippen LogP contribution < -0.4 is 10.1 Å². The predicted octanol–water partition coefficient (Wildman–Crippen LogP) is 0.349. The number of carbonyl (C=O) groups excluding carboxylic acids is 1. The highest BCUT2D eigenvalue weighted by atomic mass is 32.2. The molecule has 0 bridgehead atoms. The van der Waals surface area contributed by atoms with Crippen LogP contribution in [0, 0.1) is 0 Å². The molecule has 19 heavy (non-hydrogen) atoms. The van der Waals surface area contributed by atoms with Gasteiger partial charge in [0, 0.05) is 4.90 Å². The summed E-state index contributed by atoms with van der Waals surface area (Å²) in [6.45, 7) is -0.631. The molecule has 1 atom stereocenters. The van der Waals surface area contributed by atoms with E-state index in [0.717, 1.165) is 10.6 Å². The number of benzene rings is 1. The quantitative estimate of drug-likeness (QED) is 0.626. The number of carbonyl (C=O) groups is 2. The van der Waals surface area contributed by atoms with Gasteiger partial charge in [0.15, 0.2) is 0 Å². The minimum atomic E-state index is -1.26. The van der Waals surface area contributed by atoms with Crippen LogP contribution in [0.25, 0.3) is 0 Å². The number of aliphatic carboxylic acids is 1. The Labute approximate surface area is 114 Å². The molecule has 7 heteroatoms. The summed E-state index contributed by atoms with van der Waals surface area (Å²) in [5.41, 5.74) is 0. The second-order valence-corrected chi connectivity index (χ2v) is 4.65. The fraction of sp³-hybridized carbons (Fsp3) is 0.333. The molecule has 6 nitrogen and oxygen atoms in total. The van der Waals surface area contributed by atoms with Gasteiger partial charge in [-0.1, -0.05) is 0 Å². The summed E-state index contributed by atoms with van der Waals surface area (Å²) in [6.07, 6.45) is 0. The van der Waals surface area contributed by atoms with E-state index in [1.165, 1.54) is 11.8 Å². The first kappa shape index (κ1) is 15.3. The first-order valence-corrected chi connectivity index (χ1v) is 6.45. The van der Waals surface area contributed by atoms with E-state index in [1.54, 1.807) is 31.4 Å². The van der Waals surface area contributed by atoms with Gasteiger partial charge >= 0.3 is 5.97 Å². The smallest absolute Gasteiger partial charge is 0.328 e. The molecule has 0 spiro atoms. The number of carboxylic acids is 1. The van der Waals surface area contributed by atoms with Crippen LogP contribution in [-0.2, 0) is 9.59 Å². The van der Waals surface area contributed by atoms with Crippen LogP contribution in [0.3, 0.4) is 0 Å². The average molecular weight is 285 g/mol. The van der Waals surface area contributed by atoms with Crippen LogP contribution in [0.5, 0.6) is 5.75 Å². The Kier molecular flexibility index (Phi) is 6.17. The highest BCUT2D eigenvalue weighted by Gasteiger charge is 2.18. The van der Waals surface area contributed by atoms with Crippen molar-refractivity contribution < 1.29 is 24.5 Å². The van der Waals surface area contributed by atoms with Crippen molar-refractivity contribution in [2.45, 2.75) is 10.9 Å². The lowest BCUT2D eigenvalue weighted by Gasteiger charge is -2.11. The maximum absolute atomic E-state index is 11.5. The zero-order valence-electron chi connectivity index (χ0n) is 10.3. The van der Waals surface area contributed by atoms with Crippen molar-refractivity contribution >= 4 is 23.6 Å². The van der Waals surface area contributed by atoms with E-state index in [0.29, 0.717) is 0 Å². The number of nitrogens with one attached hydrogen (secondary N) is 1. The number of carboxylic acid groups (broad SMARTS) is 1. The lowest BCUT2D eigenvalue weighted by atomic mass is 10.3. The summed E-state index contributed by atoms with van der Waals surface area (Å²) in [7, 11) is 1.57. The van der Waals surface area contributed by atoms with Crippen LogP contribution in [0.4, 0.5) is 0 Å². The molecular weight excluding hydrogens is 270 g/mol. The third-order valence-electron chi connectivity index (χ3n) is 2.25. The fourth-order valence-corrected chi connectivity index (χ4v) is 1.95. The molecule has 1 amide bonds. The first-order chi connectivity index (χ1) is 9.06. The van der Waals surface area contributed by atoms with Crippen LogP contribution in [0.15, 0.2) is 29.2 Å². The Morgan fingerprint density at radius 1 is 1.37 bits per heavy atom. The number of rotatable bonds is 7. The minimum Gasteiger partial charge on any atom is -0.497 e. The molecule has 3 N–H and O–H groups in total. The van der Waals surface area contributed by atoms with E-state index in [4.69, 9.17) is 14.9 Å². The molecule has 0 aromatic heterocycles. The second-order valence-electron chi connectivity index (χ2n) is 3.61. The van der Waals surface area contributed by atoms with Crippen molar-refractivity contribution in [3.63, 3.8) is 0 Å². The Morgan fingerprint density at radius 2 is 2.00 bits per heavy atom. The first-order valence-electron chi connectivity index (χ1n) is 5.46. The number of hydrogen-bond acceptors (Lipinski definition) is 5. The van der Waals surface area contributed by atoms with Gasteiger partial charge in [0.25, 0.3) is 0 Å². The molecule has 1 rings (SSSR count). The normalized spacial score (nSPS) is 11.7. The van der Waals surface area contributed by atoms with Crippen LogP contribution in [0.1, 0.15) is 0 Å². The maximum atomic E-state index is 11.5. The van der Waals surface area contributed by atoms with E-state index in [1.807, 2.05) is 0 Å². The molecule has 104 valence electrons. The minimum absolute atomic E-state index is 0.0795. The molecule has 0 saturated heterocycles. The molecule has 1 aromatic rings. The van der Waals surface area contributed by atoms with Crippen molar-refractivity contribution in [3.05, 3.63) is 24.3 Å². The van der Waals surface area contributed by atoms with Gasteiger partial charge in [0.1, 0.15) is 11.8 Å². The topological polar surface area (TPSA) is 95.9 Å². The number of methoxy groups -OCH3 is 1. The number of ether oxygens (including phenoxy) is 1. The van der Waals surface area contributed by atoms with Crippen molar-refractivity contribution in [1.29, 1.82) is 0 Å². The van der Waals surface area contributed by atoms with Crippen LogP contribution in [0.2, 0.25) is 0 Å². The van der Waals surface area contributed by atoms with Crippen LogP contribution >= 0.6 is 11.8 Å². The van der Waals surface area contributed by atoms with Gasteiger partial charge in [-0.3, -0.25) is 4.79 Å². The molecule has 0 heterocycles. The number of hydrogen-bond donors (Lipinski definition) is 3. The summed E-state index contributed by atoms with van der Waals surface area (Å²) in [6, 6.07) is 5.89. The molecule has 1 aromatic carbocycles. The largest absolute Gasteiger partial charge is 0.497 e. The Bertz CT molecular complexity index is 434. The molecule has 0 fully saturated rings. The lowest BCUT2D eigenvalue weighted by molar-refractivity contribution is -0.142. The van der Waals surface area contributed by atoms with Crippen molar-refractivity contribution in [2.24, 2.45) is 0 Å². The van der Waals surface area contributed by atoms with Gasteiger partial charge in [-0.25, -0.2) is 4.79 Å². The zero-order valence-corrected chi connectivity index (χ0v) is 11.1. The van der Waals surface area contributed by atoms with Crippen molar-refractivity contribution in [2.75, 3.05) is 19.5 Å². The Balaban J connectivity index is 2.42. The zero-order chi connectivity index (χ0) is 14.3. The van der Waals surface area contributed by atoms with Gasteiger partial charge in [0.2, 0.25) is 5.91 Å². The number of aliphatic hydroxyl groups excluding tert-OH is 1. The summed E-state index contributed by atoms with van der Waals surface area (Å²) < 4.78 is 5.01. The summed E-state index contributed by atoms with van der Waals surface area (Å²) >= 11 is 1.27. The molecule has 0 radical (unpaired) electrons. The SMILES string of the molecule is COc1ccc(SCC(=O)N[C@@H](CO)C(=O)O)cc1. The van der Waals surface area contributed by atoms with Gasteiger partial charge in [-0.2, -0.15) is 0 Å². The highest BCUT2D eigenvalue weighted by molar-refractivity contribution is 8.00. The molecular formula is C12H15NO5S. The fourth-order valence-electron chi connectivity index (χ4n) is 1.24. The summed E-state index contributed by atoms with van der Waals surface area (Å²) in [5.74, 6) is -0.900.